The first-order chi connectivity index (χ1) is 10.3. The predicted octanol–water partition coefficient (Wildman–Crippen LogP) is 3.44. The number of thiophene rings is 1. The van der Waals surface area contributed by atoms with Crippen LogP contribution in [0.25, 0.3) is 11.4 Å². The fourth-order valence-electron chi connectivity index (χ4n) is 2.04. The smallest absolute Gasteiger partial charge is 0.163 e. The van der Waals surface area contributed by atoms with Crippen molar-refractivity contribution in [3.63, 3.8) is 0 Å². The quantitative estimate of drug-likeness (QED) is 0.757. The molecule has 0 aliphatic rings. The molecule has 0 bridgehead atoms. The molecule has 21 heavy (non-hydrogen) atoms. The van der Waals surface area contributed by atoms with Crippen molar-refractivity contribution in [3.05, 3.63) is 58.8 Å². The van der Waals surface area contributed by atoms with E-state index in [1.165, 1.54) is 5.56 Å². The maximum atomic E-state index is 5.87. The van der Waals surface area contributed by atoms with Gasteiger partial charge in [-0.1, -0.05) is 30.3 Å². The number of benzene rings is 1. The van der Waals surface area contributed by atoms with Crippen LogP contribution in [-0.2, 0) is 6.42 Å². The fourth-order valence-corrected chi connectivity index (χ4v) is 2.75. The first-order valence-electron chi connectivity index (χ1n) is 6.76. The Balaban J connectivity index is 1.72. The zero-order valence-electron chi connectivity index (χ0n) is 11.5. The van der Waals surface area contributed by atoms with E-state index in [0.29, 0.717) is 11.6 Å². The molecule has 3 aromatic rings. The average Bonchev–Trinajstić information content (AvgIpc) is 3.01. The molecule has 4 nitrogen and oxygen atoms in total. The second-order valence-corrected chi connectivity index (χ2v) is 5.46. The van der Waals surface area contributed by atoms with Gasteiger partial charge in [0.1, 0.15) is 11.6 Å². The third kappa shape index (κ3) is 3.58. The molecule has 0 atom stereocenters. The summed E-state index contributed by atoms with van der Waals surface area (Å²) in [5, 5.41) is 7.55. The van der Waals surface area contributed by atoms with E-state index in [4.69, 9.17) is 5.73 Å². The lowest BCUT2D eigenvalue weighted by atomic mass is 10.2. The summed E-state index contributed by atoms with van der Waals surface area (Å²) in [4.78, 5) is 8.81. The van der Waals surface area contributed by atoms with Crippen molar-refractivity contribution in [1.29, 1.82) is 0 Å². The monoisotopic (exact) mass is 296 g/mol. The van der Waals surface area contributed by atoms with E-state index in [1.807, 2.05) is 30.3 Å². The molecule has 0 radical (unpaired) electrons. The van der Waals surface area contributed by atoms with Gasteiger partial charge in [-0.05, 0) is 28.8 Å². The van der Waals surface area contributed by atoms with Crippen molar-refractivity contribution in [2.45, 2.75) is 6.42 Å². The van der Waals surface area contributed by atoms with E-state index in [9.17, 15) is 0 Å². The maximum absolute atomic E-state index is 5.87. The first kappa shape index (κ1) is 13.6. The van der Waals surface area contributed by atoms with Crippen LogP contribution in [0.4, 0.5) is 11.6 Å². The van der Waals surface area contributed by atoms with E-state index >= 15 is 0 Å². The normalized spacial score (nSPS) is 10.5. The number of aromatic nitrogens is 2. The molecule has 0 saturated carbocycles. The number of nitrogens with one attached hydrogen (secondary N) is 1. The molecule has 106 valence electrons. The molecular weight excluding hydrogens is 280 g/mol. The second-order valence-electron chi connectivity index (χ2n) is 4.68. The van der Waals surface area contributed by atoms with E-state index in [2.05, 4.69) is 32.1 Å². The van der Waals surface area contributed by atoms with Crippen LogP contribution in [-0.4, -0.2) is 16.5 Å². The van der Waals surface area contributed by atoms with Gasteiger partial charge >= 0.3 is 0 Å². The summed E-state index contributed by atoms with van der Waals surface area (Å²) in [5.41, 5.74) is 8.17. The van der Waals surface area contributed by atoms with Crippen LogP contribution in [0, 0.1) is 0 Å². The Morgan fingerprint density at radius 3 is 2.71 bits per heavy atom. The maximum Gasteiger partial charge on any atom is 0.163 e. The number of hydrogen-bond donors (Lipinski definition) is 2. The van der Waals surface area contributed by atoms with Crippen molar-refractivity contribution in [2.24, 2.45) is 0 Å². The van der Waals surface area contributed by atoms with Gasteiger partial charge in [-0.2, -0.15) is 11.3 Å². The molecule has 0 fully saturated rings. The molecule has 2 aromatic heterocycles. The van der Waals surface area contributed by atoms with Gasteiger partial charge in [0.15, 0.2) is 5.82 Å². The zero-order chi connectivity index (χ0) is 14.5. The number of rotatable bonds is 5. The van der Waals surface area contributed by atoms with E-state index in [-0.39, 0.29) is 0 Å². The molecule has 2 heterocycles. The van der Waals surface area contributed by atoms with Gasteiger partial charge in [0, 0.05) is 18.2 Å². The Morgan fingerprint density at radius 1 is 1.10 bits per heavy atom. The second kappa shape index (κ2) is 6.37. The van der Waals surface area contributed by atoms with Gasteiger partial charge in [-0.15, -0.1) is 0 Å². The molecule has 3 N–H and O–H groups in total. The SMILES string of the molecule is Nc1cc(NCCc2ccsc2)nc(-c2ccccc2)n1. The predicted molar refractivity (Wildman–Crippen MR) is 88.4 cm³/mol. The van der Waals surface area contributed by atoms with Crippen LogP contribution < -0.4 is 11.1 Å². The summed E-state index contributed by atoms with van der Waals surface area (Å²) in [6, 6.07) is 13.7. The van der Waals surface area contributed by atoms with Gasteiger partial charge in [0.25, 0.3) is 0 Å². The number of nitrogens with zero attached hydrogens (tertiary/aromatic N) is 2. The highest BCUT2D eigenvalue weighted by atomic mass is 32.1. The molecule has 0 saturated heterocycles. The number of nitrogens with two attached hydrogens (primary N) is 1. The molecule has 5 heteroatoms. The van der Waals surface area contributed by atoms with Crippen LogP contribution in [0.15, 0.2) is 53.2 Å². The Labute approximate surface area is 127 Å². The molecule has 3 rings (SSSR count). The minimum absolute atomic E-state index is 0.474. The Bertz CT molecular complexity index is 696. The van der Waals surface area contributed by atoms with Crippen molar-refractivity contribution < 1.29 is 0 Å². The van der Waals surface area contributed by atoms with Crippen LogP contribution in [0.5, 0.6) is 0 Å². The van der Waals surface area contributed by atoms with Crippen molar-refractivity contribution in [1.82, 2.24) is 9.97 Å². The van der Waals surface area contributed by atoms with Gasteiger partial charge in [0.05, 0.1) is 0 Å². The van der Waals surface area contributed by atoms with Crippen LogP contribution in [0.2, 0.25) is 0 Å². The Morgan fingerprint density at radius 2 is 1.95 bits per heavy atom. The van der Waals surface area contributed by atoms with Gasteiger partial charge in [-0.3, -0.25) is 0 Å². The van der Waals surface area contributed by atoms with Crippen LogP contribution >= 0.6 is 11.3 Å². The first-order valence-corrected chi connectivity index (χ1v) is 7.70. The molecule has 0 spiro atoms. The highest BCUT2D eigenvalue weighted by molar-refractivity contribution is 7.07. The number of nitrogen functional groups attached to an aromatic ring is 1. The highest BCUT2D eigenvalue weighted by Gasteiger charge is 2.05. The third-order valence-electron chi connectivity index (χ3n) is 3.08. The standard InChI is InChI=1S/C16H16N4S/c17-14-10-15(18-8-6-12-7-9-21-11-12)20-16(19-14)13-4-2-1-3-5-13/h1-5,7,9-11H,6,8H2,(H3,17,18,19,20). The largest absolute Gasteiger partial charge is 0.384 e. The van der Waals surface area contributed by atoms with Crippen molar-refractivity contribution >= 4 is 23.0 Å². The lowest BCUT2D eigenvalue weighted by molar-refractivity contribution is 1.01. The summed E-state index contributed by atoms with van der Waals surface area (Å²) >= 11 is 1.71. The van der Waals surface area contributed by atoms with Crippen LogP contribution in [0.3, 0.4) is 0 Å². The van der Waals surface area contributed by atoms with Crippen molar-refractivity contribution in [2.75, 3.05) is 17.6 Å². The van der Waals surface area contributed by atoms with Gasteiger partial charge in [-0.25, -0.2) is 9.97 Å². The summed E-state index contributed by atoms with van der Waals surface area (Å²) in [5.74, 6) is 1.88. The Hall–Kier alpha value is -2.40. The molecule has 0 aliphatic heterocycles. The summed E-state index contributed by atoms with van der Waals surface area (Å²) in [6.07, 6.45) is 0.966. The molecular formula is C16H16N4S. The van der Waals surface area contributed by atoms with Crippen molar-refractivity contribution in [3.8, 4) is 11.4 Å². The van der Waals surface area contributed by atoms with E-state index in [1.54, 1.807) is 17.4 Å². The lowest BCUT2D eigenvalue weighted by Gasteiger charge is -2.08. The minimum atomic E-state index is 0.474. The molecule has 0 aliphatic carbocycles. The van der Waals surface area contributed by atoms with E-state index in [0.717, 1.165) is 24.3 Å². The molecule has 0 unspecified atom stereocenters. The summed E-state index contributed by atoms with van der Waals surface area (Å²) < 4.78 is 0. The van der Waals surface area contributed by atoms with Gasteiger partial charge in [0.2, 0.25) is 0 Å². The van der Waals surface area contributed by atoms with Crippen LogP contribution in [0.1, 0.15) is 5.56 Å². The Kier molecular flexibility index (Phi) is 4.12. The number of hydrogen-bond acceptors (Lipinski definition) is 5. The highest BCUT2D eigenvalue weighted by Crippen LogP contribution is 2.18. The molecule has 0 amide bonds. The summed E-state index contributed by atoms with van der Waals surface area (Å²) in [7, 11) is 0. The van der Waals surface area contributed by atoms with Gasteiger partial charge < -0.3 is 11.1 Å². The zero-order valence-corrected chi connectivity index (χ0v) is 12.3. The lowest BCUT2D eigenvalue weighted by Crippen LogP contribution is -2.08. The third-order valence-corrected chi connectivity index (χ3v) is 3.81. The fraction of sp³-hybridized carbons (Fsp3) is 0.125. The minimum Gasteiger partial charge on any atom is -0.384 e. The van der Waals surface area contributed by atoms with E-state index < -0.39 is 0 Å². The number of anilines is 2. The topological polar surface area (TPSA) is 63.8 Å². The average molecular weight is 296 g/mol. The summed E-state index contributed by atoms with van der Waals surface area (Å²) in [6.45, 7) is 0.821. The molecule has 1 aromatic carbocycles.